The third-order valence-electron chi connectivity index (χ3n) is 4.23. The lowest BCUT2D eigenvalue weighted by Crippen LogP contribution is -2.37. The van der Waals surface area contributed by atoms with Gasteiger partial charge in [0.05, 0.1) is 6.33 Å². The molecule has 2 aromatic carbocycles. The molecule has 0 radical (unpaired) electrons. The highest BCUT2D eigenvalue weighted by molar-refractivity contribution is 5.79. The van der Waals surface area contributed by atoms with Crippen molar-refractivity contribution in [3.8, 4) is 0 Å². The maximum absolute atomic E-state index is 13.2. The lowest BCUT2D eigenvalue weighted by Gasteiger charge is -2.12. The Bertz CT molecular complexity index is 857. The van der Waals surface area contributed by atoms with Gasteiger partial charge >= 0.3 is 0 Å². The molecule has 0 aliphatic heterocycles. The highest BCUT2D eigenvalue weighted by atomic mass is 19.1. The number of hydrogen-bond donors (Lipinski definition) is 2. The zero-order chi connectivity index (χ0) is 18.9. The first kappa shape index (κ1) is 18.6. The van der Waals surface area contributed by atoms with Gasteiger partial charge < -0.3 is 15.2 Å². The van der Waals surface area contributed by atoms with Crippen LogP contribution in [-0.2, 0) is 19.5 Å². The van der Waals surface area contributed by atoms with Crippen molar-refractivity contribution in [2.24, 2.45) is 4.99 Å². The third-order valence-corrected chi connectivity index (χ3v) is 4.23. The fourth-order valence-electron chi connectivity index (χ4n) is 2.78. The van der Waals surface area contributed by atoms with Gasteiger partial charge in [-0.2, -0.15) is 0 Å². The Morgan fingerprint density at radius 3 is 2.59 bits per heavy atom. The van der Waals surface area contributed by atoms with Crippen LogP contribution in [0.25, 0.3) is 0 Å². The molecule has 0 aliphatic carbocycles. The number of hydrogen-bond acceptors (Lipinski definition) is 2. The standard InChI is InChI=1S/C21H24FN5/c1-23-21(25-10-9-17-3-2-4-20(22)13-17)26-14-18-5-7-19(8-6-18)15-27-12-11-24-16-27/h2-8,11-13,16H,9-10,14-15H2,1H3,(H2,23,25,26). The first-order chi connectivity index (χ1) is 13.2. The van der Waals surface area contributed by atoms with Crippen LogP contribution < -0.4 is 10.6 Å². The summed E-state index contributed by atoms with van der Waals surface area (Å²) in [6, 6.07) is 15.1. The Balaban J connectivity index is 1.43. The smallest absolute Gasteiger partial charge is 0.191 e. The molecular weight excluding hydrogens is 341 g/mol. The number of aromatic nitrogens is 2. The van der Waals surface area contributed by atoms with Gasteiger partial charge in [-0.15, -0.1) is 0 Å². The van der Waals surface area contributed by atoms with Gasteiger partial charge in [0.1, 0.15) is 5.82 Å². The maximum Gasteiger partial charge on any atom is 0.191 e. The molecule has 3 aromatic rings. The monoisotopic (exact) mass is 365 g/mol. The topological polar surface area (TPSA) is 54.2 Å². The van der Waals surface area contributed by atoms with E-state index >= 15 is 0 Å². The van der Waals surface area contributed by atoms with E-state index in [0.717, 1.165) is 24.5 Å². The molecule has 0 spiro atoms. The minimum absolute atomic E-state index is 0.202. The van der Waals surface area contributed by atoms with Crippen LogP contribution in [-0.4, -0.2) is 29.1 Å². The Hall–Kier alpha value is -3.15. The normalized spacial score (nSPS) is 11.4. The van der Waals surface area contributed by atoms with Crippen molar-refractivity contribution in [1.29, 1.82) is 0 Å². The average Bonchev–Trinajstić information content (AvgIpc) is 3.19. The molecule has 0 unspecified atom stereocenters. The number of rotatable bonds is 7. The molecule has 1 heterocycles. The second-order valence-electron chi connectivity index (χ2n) is 6.28. The van der Waals surface area contributed by atoms with E-state index in [0.29, 0.717) is 13.1 Å². The van der Waals surface area contributed by atoms with E-state index in [2.05, 4.69) is 44.9 Å². The molecule has 27 heavy (non-hydrogen) atoms. The predicted molar refractivity (Wildman–Crippen MR) is 106 cm³/mol. The summed E-state index contributed by atoms with van der Waals surface area (Å²) in [5, 5.41) is 6.55. The van der Waals surface area contributed by atoms with Gasteiger partial charge in [0.25, 0.3) is 0 Å². The van der Waals surface area contributed by atoms with Gasteiger partial charge in [0, 0.05) is 39.1 Å². The number of guanidine groups is 1. The lowest BCUT2D eigenvalue weighted by molar-refractivity contribution is 0.625. The van der Waals surface area contributed by atoms with Gasteiger partial charge in [0.15, 0.2) is 5.96 Å². The predicted octanol–water partition coefficient (Wildman–Crippen LogP) is 2.98. The number of imidazole rings is 1. The molecule has 0 amide bonds. The summed E-state index contributed by atoms with van der Waals surface area (Å²) in [5.74, 6) is 0.528. The summed E-state index contributed by atoms with van der Waals surface area (Å²) in [7, 11) is 1.74. The molecule has 1 aromatic heterocycles. The summed E-state index contributed by atoms with van der Waals surface area (Å²) < 4.78 is 15.2. The molecule has 0 saturated heterocycles. The van der Waals surface area contributed by atoms with Crippen molar-refractivity contribution < 1.29 is 4.39 Å². The second kappa shape index (κ2) is 9.52. The van der Waals surface area contributed by atoms with E-state index in [-0.39, 0.29) is 5.82 Å². The molecule has 0 aliphatic rings. The van der Waals surface area contributed by atoms with Crippen molar-refractivity contribution in [1.82, 2.24) is 20.2 Å². The number of benzene rings is 2. The van der Waals surface area contributed by atoms with Gasteiger partial charge in [-0.1, -0.05) is 36.4 Å². The van der Waals surface area contributed by atoms with E-state index in [4.69, 9.17) is 0 Å². The van der Waals surface area contributed by atoms with Crippen molar-refractivity contribution >= 4 is 5.96 Å². The SMILES string of the molecule is CN=C(NCCc1cccc(F)c1)NCc1ccc(Cn2ccnc2)cc1. The Morgan fingerprint density at radius 1 is 1.07 bits per heavy atom. The van der Waals surface area contributed by atoms with E-state index in [1.807, 2.05) is 23.2 Å². The van der Waals surface area contributed by atoms with E-state index < -0.39 is 0 Å². The molecule has 0 atom stereocenters. The van der Waals surface area contributed by atoms with Crippen molar-refractivity contribution in [2.75, 3.05) is 13.6 Å². The summed E-state index contributed by atoms with van der Waals surface area (Å²) >= 11 is 0. The zero-order valence-corrected chi connectivity index (χ0v) is 15.4. The van der Waals surface area contributed by atoms with Gasteiger partial charge in [-0.05, 0) is 35.2 Å². The molecule has 0 bridgehead atoms. The molecule has 0 saturated carbocycles. The highest BCUT2D eigenvalue weighted by Gasteiger charge is 2.01. The maximum atomic E-state index is 13.2. The minimum Gasteiger partial charge on any atom is -0.356 e. The van der Waals surface area contributed by atoms with Crippen LogP contribution in [0.15, 0.2) is 72.2 Å². The molecule has 2 N–H and O–H groups in total. The van der Waals surface area contributed by atoms with Crippen molar-refractivity contribution in [2.45, 2.75) is 19.5 Å². The molecule has 5 nitrogen and oxygen atoms in total. The highest BCUT2D eigenvalue weighted by Crippen LogP contribution is 2.06. The Labute approximate surface area is 159 Å². The fourth-order valence-corrected chi connectivity index (χ4v) is 2.78. The van der Waals surface area contributed by atoms with E-state index in [9.17, 15) is 4.39 Å². The number of halogens is 1. The average molecular weight is 365 g/mol. The first-order valence-electron chi connectivity index (χ1n) is 8.95. The van der Waals surface area contributed by atoms with Crippen molar-refractivity contribution in [3.63, 3.8) is 0 Å². The minimum atomic E-state index is -0.202. The fraction of sp³-hybridized carbons (Fsp3) is 0.238. The molecular formula is C21H24FN5. The van der Waals surface area contributed by atoms with Gasteiger partial charge in [-0.25, -0.2) is 9.37 Å². The zero-order valence-electron chi connectivity index (χ0n) is 15.4. The molecule has 140 valence electrons. The Morgan fingerprint density at radius 2 is 1.89 bits per heavy atom. The second-order valence-corrected chi connectivity index (χ2v) is 6.28. The van der Waals surface area contributed by atoms with Crippen LogP contribution >= 0.6 is 0 Å². The first-order valence-corrected chi connectivity index (χ1v) is 8.95. The van der Waals surface area contributed by atoms with Crippen LogP contribution in [0.2, 0.25) is 0 Å². The van der Waals surface area contributed by atoms with E-state index in [1.54, 1.807) is 25.4 Å². The molecule has 0 fully saturated rings. The summed E-state index contributed by atoms with van der Waals surface area (Å²) in [6.45, 7) is 2.19. The number of nitrogens with one attached hydrogen (secondary N) is 2. The summed E-state index contributed by atoms with van der Waals surface area (Å²) in [5.41, 5.74) is 3.37. The van der Waals surface area contributed by atoms with Crippen LogP contribution in [0.3, 0.4) is 0 Å². The van der Waals surface area contributed by atoms with Crippen LogP contribution in [0, 0.1) is 5.82 Å². The van der Waals surface area contributed by atoms with E-state index in [1.165, 1.54) is 17.2 Å². The van der Waals surface area contributed by atoms with Crippen LogP contribution in [0.4, 0.5) is 4.39 Å². The number of aliphatic imine (C=N–C) groups is 1. The summed E-state index contributed by atoms with van der Waals surface area (Å²) in [4.78, 5) is 8.29. The number of nitrogens with zero attached hydrogens (tertiary/aromatic N) is 3. The lowest BCUT2D eigenvalue weighted by atomic mass is 10.1. The Kier molecular flexibility index (Phi) is 6.57. The quantitative estimate of drug-likeness (QED) is 0.500. The molecule has 3 rings (SSSR count). The van der Waals surface area contributed by atoms with Gasteiger partial charge in [-0.3, -0.25) is 4.99 Å². The summed E-state index contributed by atoms with van der Waals surface area (Å²) in [6.07, 6.45) is 6.29. The third kappa shape index (κ3) is 5.95. The van der Waals surface area contributed by atoms with Gasteiger partial charge in [0.2, 0.25) is 0 Å². The van der Waals surface area contributed by atoms with Crippen molar-refractivity contribution in [3.05, 3.63) is 89.8 Å². The largest absolute Gasteiger partial charge is 0.356 e. The molecule has 6 heteroatoms. The van der Waals surface area contributed by atoms with Crippen LogP contribution in [0.1, 0.15) is 16.7 Å². The van der Waals surface area contributed by atoms with Crippen LogP contribution in [0.5, 0.6) is 0 Å².